The lowest BCUT2D eigenvalue weighted by Gasteiger charge is -2.16. The van der Waals surface area contributed by atoms with E-state index in [0.717, 1.165) is 24.2 Å². The lowest BCUT2D eigenvalue weighted by atomic mass is 10.1. The Bertz CT molecular complexity index is 777. The Kier molecular flexibility index (Phi) is 5.84. The lowest BCUT2D eigenvalue weighted by molar-refractivity contribution is -0.117. The van der Waals surface area contributed by atoms with Crippen LogP contribution in [0.25, 0.3) is 0 Å². The predicted octanol–water partition coefficient (Wildman–Crippen LogP) is 2.99. The number of benzene rings is 2. The number of halogens is 1. The minimum Gasteiger partial charge on any atom is -0.338 e. The van der Waals surface area contributed by atoms with E-state index < -0.39 is 0 Å². The van der Waals surface area contributed by atoms with Crippen LogP contribution in [0.1, 0.15) is 24.0 Å². The number of nitrogens with zero attached hydrogens (tertiary/aromatic N) is 1. The quantitative estimate of drug-likeness (QED) is 0.837. The summed E-state index contributed by atoms with van der Waals surface area (Å²) in [5.41, 5.74) is 2.43. The summed E-state index contributed by atoms with van der Waals surface area (Å²) in [7, 11) is 0. The van der Waals surface area contributed by atoms with E-state index in [1.54, 1.807) is 23.1 Å². The van der Waals surface area contributed by atoms with E-state index in [-0.39, 0.29) is 17.8 Å². The summed E-state index contributed by atoms with van der Waals surface area (Å²) in [6.45, 7) is 1.52. The molecule has 0 saturated carbocycles. The van der Waals surface area contributed by atoms with Gasteiger partial charge in [-0.2, -0.15) is 0 Å². The van der Waals surface area contributed by atoms with Crippen LogP contribution in [0.5, 0.6) is 0 Å². The first-order chi connectivity index (χ1) is 12.6. The van der Waals surface area contributed by atoms with E-state index in [4.69, 9.17) is 0 Å². The van der Waals surface area contributed by atoms with E-state index >= 15 is 0 Å². The minimum atomic E-state index is -0.292. The normalized spacial score (nSPS) is 13.7. The van der Waals surface area contributed by atoms with Crippen LogP contribution in [0.4, 0.5) is 14.9 Å². The molecule has 0 radical (unpaired) electrons. The van der Waals surface area contributed by atoms with Crippen molar-refractivity contribution in [2.24, 2.45) is 0 Å². The zero-order chi connectivity index (χ0) is 18.4. The van der Waals surface area contributed by atoms with Gasteiger partial charge >= 0.3 is 6.03 Å². The standard InChI is InChI=1S/C20H22FN3O2/c21-18-5-2-1-4-16(18)11-12-22-20(26)23-14-15-7-9-17(10-8-15)24-13-3-6-19(24)25/h1-2,4-5,7-10H,3,6,11-14H2,(H2,22,23,26). The molecule has 1 fully saturated rings. The van der Waals surface area contributed by atoms with Gasteiger partial charge in [0.1, 0.15) is 5.82 Å². The molecule has 1 aliphatic heterocycles. The van der Waals surface area contributed by atoms with Crippen molar-refractivity contribution in [3.63, 3.8) is 0 Å². The minimum absolute atomic E-state index is 0.158. The van der Waals surface area contributed by atoms with E-state index in [2.05, 4.69) is 10.6 Å². The molecule has 0 aliphatic carbocycles. The third-order valence-corrected chi connectivity index (χ3v) is 4.41. The average Bonchev–Trinajstić information content (AvgIpc) is 3.08. The van der Waals surface area contributed by atoms with Crippen molar-refractivity contribution in [3.8, 4) is 0 Å². The highest BCUT2D eigenvalue weighted by Crippen LogP contribution is 2.21. The topological polar surface area (TPSA) is 61.4 Å². The molecule has 26 heavy (non-hydrogen) atoms. The van der Waals surface area contributed by atoms with Gasteiger partial charge in [-0.25, -0.2) is 9.18 Å². The molecule has 1 saturated heterocycles. The fraction of sp³-hybridized carbons (Fsp3) is 0.300. The maximum atomic E-state index is 13.5. The first-order valence-corrected chi connectivity index (χ1v) is 8.78. The molecule has 6 heteroatoms. The molecule has 5 nitrogen and oxygen atoms in total. The van der Waals surface area contributed by atoms with Gasteiger partial charge in [0, 0.05) is 31.7 Å². The monoisotopic (exact) mass is 355 g/mol. The lowest BCUT2D eigenvalue weighted by Crippen LogP contribution is -2.36. The fourth-order valence-corrected chi connectivity index (χ4v) is 2.97. The molecule has 136 valence electrons. The molecule has 2 aromatic carbocycles. The zero-order valence-electron chi connectivity index (χ0n) is 14.5. The number of carbonyl (C=O) groups excluding carboxylic acids is 2. The molecule has 1 aliphatic rings. The van der Waals surface area contributed by atoms with Crippen LogP contribution in [0.15, 0.2) is 48.5 Å². The number of carbonyl (C=O) groups is 2. The van der Waals surface area contributed by atoms with Gasteiger partial charge in [0.05, 0.1) is 0 Å². The van der Waals surface area contributed by atoms with Gasteiger partial charge in [-0.15, -0.1) is 0 Å². The molecule has 3 rings (SSSR count). The Labute approximate surface area is 152 Å². The van der Waals surface area contributed by atoms with Gasteiger partial charge < -0.3 is 15.5 Å². The SMILES string of the molecule is O=C(NCCc1ccccc1F)NCc1ccc(N2CCCC2=O)cc1. The first-order valence-electron chi connectivity index (χ1n) is 8.78. The van der Waals surface area contributed by atoms with Crippen molar-refractivity contribution in [3.05, 3.63) is 65.5 Å². The van der Waals surface area contributed by atoms with Crippen molar-refractivity contribution >= 4 is 17.6 Å². The fourth-order valence-electron chi connectivity index (χ4n) is 2.97. The molecule has 0 aromatic heterocycles. The Hall–Kier alpha value is -2.89. The number of anilines is 1. The molecule has 0 unspecified atom stereocenters. The Morgan fingerprint density at radius 2 is 1.85 bits per heavy atom. The molecular formula is C20H22FN3O2. The number of rotatable bonds is 6. The number of urea groups is 1. The zero-order valence-corrected chi connectivity index (χ0v) is 14.5. The van der Waals surface area contributed by atoms with Gasteiger partial charge in [0.2, 0.25) is 5.91 Å². The maximum absolute atomic E-state index is 13.5. The summed E-state index contributed by atoms with van der Waals surface area (Å²) in [5, 5.41) is 5.49. The molecule has 0 bridgehead atoms. The predicted molar refractivity (Wildman–Crippen MR) is 98.4 cm³/mol. The van der Waals surface area contributed by atoms with Crippen molar-refractivity contribution in [2.45, 2.75) is 25.8 Å². The van der Waals surface area contributed by atoms with Gasteiger partial charge in [0.25, 0.3) is 0 Å². The Balaban J connectivity index is 1.41. The highest BCUT2D eigenvalue weighted by atomic mass is 19.1. The van der Waals surface area contributed by atoms with Crippen LogP contribution in [0, 0.1) is 5.82 Å². The number of hydrogen-bond acceptors (Lipinski definition) is 2. The summed E-state index contributed by atoms with van der Waals surface area (Å²) < 4.78 is 13.5. The second kappa shape index (κ2) is 8.47. The smallest absolute Gasteiger partial charge is 0.315 e. The second-order valence-corrected chi connectivity index (χ2v) is 6.27. The highest BCUT2D eigenvalue weighted by molar-refractivity contribution is 5.95. The maximum Gasteiger partial charge on any atom is 0.315 e. The summed E-state index contributed by atoms with van der Waals surface area (Å²) in [5.74, 6) is -0.101. The Morgan fingerprint density at radius 3 is 2.54 bits per heavy atom. The van der Waals surface area contributed by atoms with Crippen LogP contribution < -0.4 is 15.5 Å². The molecular weight excluding hydrogens is 333 g/mol. The second-order valence-electron chi connectivity index (χ2n) is 6.27. The Morgan fingerprint density at radius 1 is 1.08 bits per heavy atom. The molecule has 2 N–H and O–H groups in total. The summed E-state index contributed by atoms with van der Waals surface area (Å²) in [6, 6.07) is 13.9. The van der Waals surface area contributed by atoms with Crippen molar-refractivity contribution in [2.75, 3.05) is 18.0 Å². The number of amides is 3. The van der Waals surface area contributed by atoms with Crippen LogP contribution in [0.3, 0.4) is 0 Å². The van der Waals surface area contributed by atoms with E-state index in [1.165, 1.54) is 6.07 Å². The van der Waals surface area contributed by atoms with Gasteiger partial charge in [0.15, 0.2) is 0 Å². The third-order valence-electron chi connectivity index (χ3n) is 4.41. The average molecular weight is 355 g/mol. The van der Waals surface area contributed by atoms with Crippen molar-refractivity contribution in [1.82, 2.24) is 10.6 Å². The van der Waals surface area contributed by atoms with Crippen LogP contribution >= 0.6 is 0 Å². The van der Waals surface area contributed by atoms with Crippen LogP contribution in [-0.2, 0) is 17.8 Å². The van der Waals surface area contributed by atoms with E-state index in [1.807, 2.05) is 24.3 Å². The van der Waals surface area contributed by atoms with Gasteiger partial charge in [-0.05, 0) is 42.2 Å². The largest absolute Gasteiger partial charge is 0.338 e. The van der Waals surface area contributed by atoms with E-state index in [9.17, 15) is 14.0 Å². The number of nitrogens with one attached hydrogen (secondary N) is 2. The summed E-state index contributed by atoms with van der Waals surface area (Å²) >= 11 is 0. The van der Waals surface area contributed by atoms with Gasteiger partial charge in [-0.3, -0.25) is 4.79 Å². The molecule has 3 amide bonds. The third kappa shape index (κ3) is 4.59. The van der Waals surface area contributed by atoms with Crippen LogP contribution in [-0.4, -0.2) is 25.0 Å². The number of hydrogen-bond donors (Lipinski definition) is 2. The molecule has 0 atom stereocenters. The van der Waals surface area contributed by atoms with Crippen LogP contribution in [0.2, 0.25) is 0 Å². The molecule has 0 spiro atoms. The van der Waals surface area contributed by atoms with Crippen molar-refractivity contribution in [1.29, 1.82) is 0 Å². The molecule has 1 heterocycles. The summed E-state index contributed by atoms with van der Waals surface area (Å²) in [4.78, 5) is 25.4. The highest BCUT2D eigenvalue weighted by Gasteiger charge is 2.21. The first kappa shape index (κ1) is 17.9. The van der Waals surface area contributed by atoms with Crippen molar-refractivity contribution < 1.29 is 14.0 Å². The van der Waals surface area contributed by atoms with E-state index in [0.29, 0.717) is 31.5 Å². The van der Waals surface area contributed by atoms with Gasteiger partial charge in [-0.1, -0.05) is 30.3 Å². The molecule has 2 aromatic rings. The summed E-state index contributed by atoms with van der Waals surface area (Å²) in [6.07, 6.45) is 1.95.